The van der Waals surface area contributed by atoms with Crippen molar-refractivity contribution in [2.75, 3.05) is 0 Å². The molecule has 0 spiro atoms. The Morgan fingerprint density at radius 1 is 1.60 bits per heavy atom. The van der Waals surface area contributed by atoms with Crippen LogP contribution in [0.25, 0.3) is 0 Å². The predicted molar refractivity (Wildman–Crippen MR) is 34.4 cm³/mol. The van der Waals surface area contributed by atoms with Gasteiger partial charge in [0.15, 0.2) is 0 Å². The smallest absolute Gasteiger partial charge is 0.265 e. The Kier molecular flexibility index (Phi) is 3.38. The average molecular weight is 143 g/mol. The molecule has 0 aliphatic rings. The number of carbonyl (C=O) groups is 1. The highest BCUT2D eigenvalue weighted by Crippen LogP contribution is 2.00. The van der Waals surface area contributed by atoms with Crippen molar-refractivity contribution in [2.45, 2.75) is 6.42 Å². The summed E-state index contributed by atoms with van der Waals surface area (Å²) in [7, 11) is 0. The number of nitrogens with zero attached hydrogens (tertiary/aromatic N) is 1. The van der Waals surface area contributed by atoms with Crippen LogP contribution < -0.4 is 0 Å². The van der Waals surface area contributed by atoms with Crippen LogP contribution in [-0.4, -0.2) is 21.5 Å². The molecule has 0 aromatic carbocycles. The number of amides is 1. The van der Waals surface area contributed by atoms with Gasteiger partial charge < -0.3 is 0 Å². The zero-order chi connectivity index (χ0) is 8.15. The van der Waals surface area contributed by atoms with E-state index in [4.69, 9.17) is 10.4 Å². The molecule has 1 amide bonds. The molecular weight excluding hydrogens is 134 g/mol. The van der Waals surface area contributed by atoms with E-state index in [-0.39, 0.29) is 12.0 Å². The summed E-state index contributed by atoms with van der Waals surface area (Å²) in [6.07, 6.45) is 1.69. The summed E-state index contributed by atoms with van der Waals surface area (Å²) >= 11 is 0. The minimum absolute atomic E-state index is 0.0833. The molecule has 0 radical (unpaired) electrons. The van der Waals surface area contributed by atoms with Gasteiger partial charge >= 0.3 is 0 Å². The monoisotopic (exact) mass is 143 g/mol. The molecule has 0 aromatic rings. The van der Waals surface area contributed by atoms with Gasteiger partial charge in [0.1, 0.15) is 0 Å². The Bertz CT molecular complexity index is 162. The third kappa shape index (κ3) is 2.43. The lowest BCUT2D eigenvalue weighted by molar-refractivity contribution is -0.281. The van der Waals surface area contributed by atoms with Gasteiger partial charge in [0.2, 0.25) is 0 Å². The minimum atomic E-state index is -0.917. The first-order valence-corrected chi connectivity index (χ1v) is 2.60. The standard InChI is InChI=1S/C6H9NO3/c1-3-4-5(2)6(8)7(9)10/h3,9-10H,1-2,4H2. The fourth-order valence-electron chi connectivity index (χ4n) is 0.403. The molecule has 4 nitrogen and oxygen atoms in total. The van der Waals surface area contributed by atoms with E-state index in [0.29, 0.717) is 0 Å². The van der Waals surface area contributed by atoms with E-state index in [1.807, 2.05) is 0 Å². The van der Waals surface area contributed by atoms with Crippen LogP contribution in [-0.2, 0) is 4.79 Å². The van der Waals surface area contributed by atoms with Gasteiger partial charge in [0, 0.05) is 5.57 Å². The third-order valence-corrected chi connectivity index (χ3v) is 0.875. The van der Waals surface area contributed by atoms with Crippen molar-refractivity contribution in [3.8, 4) is 0 Å². The third-order valence-electron chi connectivity index (χ3n) is 0.875. The van der Waals surface area contributed by atoms with Crippen molar-refractivity contribution in [3.05, 3.63) is 24.8 Å². The molecule has 4 heteroatoms. The highest BCUT2D eigenvalue weighted by atomic mass is 16.8. The highest BCUT2D eigenvalue weighted by molar-refractivity contribution is 5.91. The number of allylic oxidation sites excluding steroid dienone is 1. The average Bonchev–Trinajstić information content (AvgIpc) is 1.87. The largest absolute Gasteiger partial charge is 0.299 e. The number of rotatable bonds is 3. The van der Waals surface area contributed by atoms with Crippen LogP contribution in [0.15, 0.2) is 24.8 Å². The number of hydroxylamine groups is 2. The van der Waals surface area contributed by atoms with E-state index >= 15 is 0 Å². The fourth-order valence-corrected chi connectivity index (χ4v) is 0.403. The first-order valence-electron chi connectivity index (χ1n) is 2.60. The van der Waals surface area contributed by atoms with E-state index < -0.39 is 11.1 Å². The van der Waals surface area contributed by atoms with Gasteiger partial charge in [-0.2, -0.15) is 0 Å². The van der Waals surface area contributed by atoms with Crippen molar-refractivity contribution in [1.82, 2.24) is 5.23 Å². The van der Waals surface area contributed by atoms with Gasteiger partial charge in [0.05, 0.1) is 0 Å². The number of hydrogen-bond donors (Lipinski definition) is 2. The van der Waals surface area contributed by atoms with Crippen molar-refractivity contribution in [2.24, 2.45) is 0 Å². The zero-order valence-electron chi connectivity index (χ0n) is 5.45. The Morgan fingerprint density at radius 3 is 2.40 bits per heavy atom. The molecule has 0 rings (SSSR count). The van der Waals surface area contributed by atoms with Crippen molar-refractivity contribution >= 4 is 5.91 Å². The second-order valence-corrected chi connectivity index (χ2v) is 1.69. The van der Waals surface area contributed by atoms with Gasteiger partial charge in [0.25, 0.3) is 5.91 Å². The summed E-state index contributed by atoms with van der Waals surface area (Å²) in [6.45, 7) is 6.63. The van der Waals surface area contributed by atoms with Crippen LogP contribution in [0.4, 0.5) is 0 Å². The van der Waals surface area contributed by atoms with Crippen molar-refractivity contribution in [3.63, 3.8) is 0 Å². The molecule has 0 fully saturated rings. The molecule has 0 bridgehead atoms. The molecule has 0 heterocycles. The zero-order valence-corrected chi connectivity index (χ0v) is 5.45. The van der Waals surface area contributed by atoms with E-state index in [0.717, 1.165) is 0 Å². The molecule has 0 saturated heterocycles. The van der Waals surface area contributed by atoms with E-state index in [1.165, 1.54) is 6.08 Å². The summed E-state index contributed by atoms with van der Waals surface area (Å²) in [5.74, 6) is -0.917. The lowest BCUT2D eigenvalue weighted by Crippen LogP contribution is -2.24. The molecule has 0 aromatic heterocycles. The predicted octanol–water partition coefficient (Wildman–Crippen LogP) is 0.726. The lowest BCUT2D eigenvalue weighted by atomic mass is 10.2. The van der Waals surface area contributed by atoms with Crippen LogP contribution in [0.1, 0.15) is 6.42 Å². The molecule has 10 heavy (non-hydrogen) atoms. The normalized spacial score (nSPS) is 8.60. The lowest BCUT2D eigenvalue weighted by Gasteiger charge is -2.05. The quantitative estimate of drug-likeness (QED) is 0.265. The Labute approximate surface area is 58.6 Å². The molecule has 56 valence electrons. The Balaban J connectivity index is 3.95. The van der Waals surface area contributed by atoms with Crippen molar-refractivity contribution < 1.29 is 15.2 Å². The van der Waals surface area contributed by atoms with Gasteiger partial charge in [-0.05, 0) is 6.42 Å². The second kappa shape index (κ2) is 3.81. The molecular formula is C6H9NO3. The maximum atomic E-state index is 10.5. The first-order chi connectivity index (χ1) is 4.59. The van der Waals surface area contributed by atoms with Gasteiger partial charge in [-0.3, -0.25) is 15.2 Å². The Hall–Kier alpha value is -1.13. The summed E-state index contributed by atoms with van der Waals surface area (Å²) in [5, 5.41) is 15.8. The molecule has 0 aliphatic carbocycles. The summed E-state index contributed by atoms with van der Waals surface area (Å²) in [5.41, 5.74) is 0.0833. The molecule has 0 unspecified atom stereocenters. The van der Waals surface area contributed by atoms with Crippen LogP contribution in [0.5, 0.6) is 0 Å². The summed E-state index contributed by atoms with van der Waals surface area (Å²) < 4.78 is 0. The van der Waals surface area contributed by atoms with E-state index in [1.54, 1.807) is 0 Å². The van der Waals surface area contributed by atoms with Gasteiger partial charge in [-0.1, -0.05) is 17.9 Å². The number of hydrogen-bond acceptors (Lipinski definition) is 3. The molecule has 2 N–H and O–H groups in total. The molecule has 0 saturated carbocycles. The minimum Gasteiger partial charge on any atom is -0.265 e. The summed E-state index contributed by atoms with van der Waals surface area (Å²) in [4.78, 5) is 10.5. The van der Waals surface area contributed by atoms with Gasteiger partial charge in [-0.25, -0.2) is 0 Å². The van der Waals surface area contributed by atoms with E-state index in [2.05, 4.69) is 13.2 Å². The summed E-state index contributed by atoms with van der Waals surface area (Å²) in [6, 6.07) is 0. The molecule has 0 atom stereocenters. The van der Waals surface area contributed by atoms with Crippen LogP contribution in [0.3, 0.4) is 0 Å². The second-order valence-electron chi connectivity index (χ2n) is 1.69. The molecule has 0 aliphatic heterocycles. The van der Waals surface area contributed by atoms with Crippen LogP contribution in [0, 0.1) is 0 Å². The van der Waals surface area contributed by atoms with Crippen LogP contribution in [0.2, 0.25) is 0 Å². The van der Waals surface area contributed by atoms with Crippen LogP contribution >= 0.6 is 0 Å². The van der Waals surface area contributed by atoms with Crippen molar-refractivity contribution in [1.29, 1.82) is 0 Å². The highest BCUT2D eigenvalue weighted by Gasteiger charge is 2.09. The van der Waals surface area contributed by atoms with E-state index in [9.17, 15) is 4.79 Å². The van der Waals surface area contributed by atoms with Gasteiger partial charge in [-0.15, -0.1) is 6.58 Å². The number of carbonyl (C=O) groups excluding carboxylic acids is 1. The fraction of sp³-hybridized carbons (Fsp3) is 0.167. The maximum Gasteiger partial charge on any atom is 0.299 e. The topological polar surface area (TPSA) is 60.8 Å². The Morgan fingerprint density at radius 2 is 2.10 bits per heavy atom. The first kappa shape index (κ1) is 8.87. The SMILES string of the molecule is C=CCC(=C)C(=O)N(O)O. The maximum absolute atomic E-state index is 10.5.